The first kappa shape index (κ1) is 13.6. The summed E-state index contributed by atoms with van der Waals surface area (Å²) in [5.41, 5.74) is 1.23. The molecule has 0 spiro atoms. The number of likely N-dealkylation sites (N-methyl/N-ethyl adjacent to an activating group) is 1. The molecule has 1 aliphatic rings. The van der Waals surface area contributed by atoms with Crippen LogP contribution in [0.5, 0.6) is 0 Å². The van der Waals surface area contributed by atoms with E-state index in [0.717, 1.165) is 5.92 Å². The van der Waals surface area contributed by atoms with Crippen LogP contribution >= 0.6 is 0 Å². The second-order valence-electron chi connectivity index (χ2n) is 5.23. The van der Waals surface area contributed by atoms with Crippen molar-refractivity contribution >= 4 is 11.6 Å². The fraction of sp³-hybridized carbons (Fsp3) is 0.467. The molecule has 1 saturated carbocycles. The van der Waals surface area contributed by atoms with Crippen LogP contribution in [-0.4, -0.2) is 30.4 Å². The molecule has 1 unspecified atom stereocenters. The van der Waals surface area contributed by atoms with Crippen LogP contribution in [0.1, 0.15) is 25.3 Å². The van der Waals surface area contributed by atoms with E-state index in [1.54, 1.807) is 24.3 Å². The van der Waals surface area contributed by atoms with Crippen molar-refractivity contribution in [1.29, 1.82) is 5.26 Å². The number of carbonyl (C=O) groups is 1. The van der Waals surface area contributed by atoms with Crippen LogP contribution in [0.2, 0.25) is 0 Å². The number of hydrogen-bond donors (Lipinski definition) is 1. The molecule has 0 aliphatic heterocycles. The maximum atomic E-state index is 11.9. The van der Waals surface area contributed by atoms with Gasteiger partial charge < -0.3 is 5.32 Å². The number of hydrogen-bond acceptors (Lipinski definition) is 3. The molecule has 1 aliphatic carbocycles. The summed E-state index contributed by atoms with van der Waals surface area (Å²) in [6.07, 6.45) is 2.55. The highest BCUT2D eigenvalue weighted by molar-refractivity contribution is 5.92. The van der Waals surface area contributed by atoms with Crippen molar-refractivity contribution in [2.45, 2.75) is 25.8 Å². The maximum Gasteiger partial charge on any atom is 0.238 e. The fourth-order valence-electron chi connectivity index (χ4n) is 2.18. The number of nitrogens with zero attached hydrogens (tertiary/aromatic N) is 2. The number of benzene rings is 1. The molecule has 1 N–H and O–H groups in total. The molecule has 1 amide bonds. The molecule has 19 heavy (non-hydrogen) atoms. The van der Waals surface area contributed by atoms with Crippen molar-refractivity contribution in [3.63, 3.8) is 0 Å². The van der Waals surface area contributed by atoms with Gasteiger partial charge in [0.2, 0.25) is 5.91 Å². The molecule has 0 saturated heterocycles. The van der Waals surface area contributed by atoms with Gasteiger partial charge in [-0.05, 0) is 50.9 Å². The van der Waals surface area contributed by atoms with Crippen LogP contribution in [-0.2, 0) is 4.79 Å². The molecule has 4 heteroatoms. The smallest absolute Gasteiger partial charge is 0.238 e. The van der Waals surface area contributed by atoms with E-state index in [1.165, 1.54) is 12.8 Å². The van der Waals surface area contributed by atoms with Gasteiger partial charge in [-0.2, -0.15) is 5.26 Å². The molecule has 1 atom stereocenters. The Balaban J connectivity index is 1.88. The van der Waals surface area contributed by atoms with E-state index in [9.17, 15) is 4.79 Å². The van der Waals surface area contributed by atoms with E-state index in [0.29, 0.717) is 23.8 Å². The molecule has 0 aromatic heterocycles. The third kappa shape index (κ3) is 3.80. The molecule has 1 fully saturated rings. The Bertz CT molecular complexity index is 502. The summed E-state index contributed by atoms with van der Waals surface area (Å²) in [5, 5.41) is 11.6. The van der Waals surface area contributed by atoms with Crippen LogP contribution < -0.4 is 5.32 Å². The number of amides is 1. The van der Waals surface area contributed by atoms with E-state index in [1.807, 2.05) is 7.05 Å². The van der Waals surface area contributed by atoms with Gasteiger partial charge in [0, 0.05) is 11.7 Å². The van der Waals surface area contributed by atoms with Gasteiger partial charge in [0.1, 0.15) is 0 Å². The minimum Gasteiger partial charge on any atom is -0.325 e. The van der Waals surface area contributed by atoms with Gasteiger partial charge >= 0.3 is 0 Å². The molecule has 0 bridgehead atoms. The van der Waals surface area contributed by atoms with Gasteiger partial charge in [0.05, 0.1) is 18.2 Å². The van der Waals surface area contributed by atoms with E-state index in [4.69, 9.17) is 5.26 Å². The molecule has 100 valence electrons. The molecule has 1 aromatic rings. The van der Waals surface area contributed by atoms with Crippen molar-refractivity contribution in [1.82, 2.24) is 4.90 Å². The molecule has 0 heterocycles. The zero-order valence-corrected chi connectivity index (χ0v) is 11.4. The Morgan fingerprint density at radius 2 is 2.32 bits per heavy atom. The summed E-state index contributed by atoms with van der Waals surface area (Å²) in [7, 11) is 1.98. The standard InChI is InChI=1S/C15H19N3O/c1-11(13-6-7-13)18(2)10-15(19)17-14-5-3-4-12(8-14)9-16/h3-5,8,11,13H,6-7,10H2,1-2H3,(H,17,19). The first-order valence-electron chi connectivity index (χ1n) is 6.60. The van der Waals surface area contributed by atoms with E-state index in [-0.39, 0.29) is 5.91 Å². The van der Waals surface area contributed by atoms with Crippen molar-refractivity contribution in [3.8, 4) is 6.07 Å². The predicted octanol–water partition coefficient (Wildman–Crippen LogP) is 2.23. The topological polar surface area (TPSA) is 56.1 Å². The number of anilines is 1. The average molecular weight is 257 g/mol. The van der Waals surface area contributed by atoms with E-state index < -0.39 is 0 Å². The van der Waals surface area contributed by atoms with E-state index >= 15 is 0 Å². The highest BCUT2D eigenvalue weighted by atomic mass is 16.2. The largest absolute Gasteiger partial charge is 0.325 e. The second kappa shape index (κ2) is 5.85. The normalized spacial score (nSPS) is 15.9. The quantitative estimate of drug-likeness (QED) is 0.880. The Morgan fingerprint density at radius 1 is 1.58 bits per heavy atom. The minimum absolute atomic E-state index is 0.0370. The lowest BCUT2D eigenvalue weighted by molar-refractivity contribution is -0.117. The predicted molar refractivity (Wildman–Crippen MR) is 74.6 cm³/mol. The lowest BCUT2D eigenvalue weighted by atomic mass is 10.2. The van der Waals surface area contributed by atoms with Crippen molar-refractivity contribution < 1.29 is 4.79 Å². The zero-order valence-electron chi connectivity index (χ0n) is 11.4. The first-order chi connectivity index (χ1) is 9.10. The van der Waals surface area contributed by atoms with Gasteiger partial charge in [-0.3, -0.25) is 9.69 Å². The maximum absolute atomic E-state index is 11.9. The Morgan fingerprint density at radius 3 is 2.95 bits per heavy atom. The third-order valence-corrected chi connectivity index (χ3v) is 3.67. The minimum atomic E-state index is -0.0370. The van der Waals surface area contributed by atoms with Gasteiger partial charge in [-0.1, -0.05) is 6.07 Å². The Kier molecular flexibility index (Phi) is 4.18. The number of nitrogens with one attached hydrogen (secondary N) is 1. The van der Waals surface area contributed by atoms with Gasteiger partial charge in [-0.25, -0.2) is 0 Å². The van der Waals surface area contributed by atoms with Gasteiger partial charge in [0.25, 0.3) is 0 Å². The Labute approximate surface area is 114 Å². The van der Waals surface area contributed by atoms with Crippen molar-refractivity contribution in [3.05, 3.63) is 29.8 Å². The third-order valence-electron chi connectivity index (χ3n) is 3.67. The summed E-state index contributed by atoms with van der Waals surface area (Å²) in [6.45, 7) is 2.55. The van der Waals surface area contributed by atoms with Crippen LogP contribution in [0, 0.1) is 17.2 Å². The Hall–Kier alpha value is -1.86. The summed E-state index contributed by atoms with van der Waals surface area (Å²) in [6, 6.07) is 9.48. The summed E-state index contributed by atoms with van der Waals surface area (Å²) in [4.78, 5) is 14.0. The van der Waals surface area contributed by atoms with E-state index in [2.05, 4.69) is 23.2 Å². The summed E-state index contributed by atoms with van der Waals surface area (Å²) >= 11 is 0. The molecule has 4 nitrogen and oxygen atoms in total. The number of nitriles is 1. The van der Waals surface area contributed by atoms with Crippen LogP contribution in [0.25, 0.3) is 0 Å². The second-order valence-corrected chi connectivity index (χ2v) is 5.23. The van der Waals surface area contributed by atoms with Gasteiger partial charge in [-0.15, -0.1) is 0 Å². The molecular weight excluding hydrogens is 238 g/mol. The van der Waals surface area contributed by atoms with Crippen molar-refractivity contribution in [2.24, 2.45) is 5.92 Å². The SMILES string of the molecule is CC(C1CC1)N(C)CC(=O)Nc1cccc(C#N)c1. The molecule has 2 rings (SSSR count). The molecular formula is C15H19N3O. The molecule has 0 radical (unpaired) electrons. The highest BCUT2D eigenvalue weighted by Crippen LogP contribution is 2.34. The first-order valence-corrected chi connectivity index (χ1v) is 6.60. The van der Waals surface area contributed by atoms with Crippen molar-refractivity contribution in [2.75, 3.05) is 18.9 Å². The summed E-state index contributed by atoms with van der Waals surface area (Å²) in [5.74, 6) is 0.713. The van der Waals surface area contributed by atoms with Gasteiger partial charge in [0.15, 0.2) is 0 Å². The number of rotatable bonds is 5. The average Bonchev–Trinajstić information content (AvgIpc) is 3.22. The molecule has 1 aromatic carbocycles. The zero-order chi connectivity index (χ0) is 13.8. The fourth-order valence-corrected chi connectivity index (χ4v) is 2.18. The van der Waals surface area contributed by atoms with Crippen LogP contribution in [0.15, 0.2) is 24.3 Å². The monoisotopic (exact) mass is 257 g/mol. The number of carbonyl (C=O) groups excluding carboxylic acids is 1. The van der Waals surface area contributed by atoms with Crippen LogP contribution in [0.4, 0.5) is 5.69 Å². The summed E-state index contributed by atoms with van der Waals surface area (Å²) < 4.78 is 0. The lowest BCUT2D eigenvalue weighted by Crippen LogP contribution is -2.37. The van der Waals surface area contributed by atoms with Crippen LogP contribution in [0.3, 0.4) is 0 Å². The lowest BCUT2D eigenvalue weighted by Gasteiger charge is -2.23. The highest BCUT2D eigenvalue weighted by Gasteiger charge is 2.30.